The largest absolute Gasteiger partial charge is 0.416 e. The zero-order valence-corrected chi connectivity index (χ0v) is 13.8. The number of carbonyl (C=O) groups is 2. The number of anilines is 2. The van der Waals surface area contributed by atoms with E-state index in [4.69, 9.17) is 16.9 Å². The van der Waals surface area contributed by atoms with Crippen molar-refractivity contribution in [2.75, 3.05) is 10.6 Å². The van der Waals surface area contributed by atoms with Gasteiger partial charge in [-0.05, 0) is 36.4 Å². The quantitative estimate of drug-likeness (QED) is 0.779. The van der Waals surface area contributed by atoms with Crippen LogP contribution in [-0.4, -0.2) is 11.8 Å². The van der Waals surface area contributed by atoms with Crippen molar-refractivity contribution in [2.24, 2.45) is 0 Å². The van der Waals surface area contributed by atoms with Gasteiger partial charge in [-0.25, -0.2) is 0 Å². The number of hydrogen-bond donors (Lipinski definition) is 2. The van der Waals surface area contributed by atoms with Crippen molar-refractivity contribution in [3.8, 4) is 6.07 Å². The number of benzene rings is 2. The Bertz CT molecular complexity index is 892. The third-order valence-corrected chi connectivity index (χ3v) is 3.49. The summed E-state index contributed by atoms with van der Waals surface area (Å²) in [6, 6.07) is 10.4. The van der Waals surface area contributed by atoms with E-state index in [0.29, 0.717) is 17.3 Å². The lowest BCUT2D eigenvalue weighted by Gasteiger charge is -2.11. The van der Waals surface area contributed by atoms with Gasteiger partial charge in [0.05, 0.1) is 27.9 Å². The monoisotopic (exact) mass is 381 g/mol. The molecule has 0 unspecified atom stereocenters. The fourth-order valence-corrected chi connectivity index (χ4v) is 2.17. The van der Waals surface area contributed by atoms with E-state index in [2.05, 4.69) is 10.6 Å². The maximum Gasteiger partial charge on any atom is 0.416 e. The van der Waals surface area contributed by atoms with Gasteiger partial charge in [-0.15, -0.1) is 0 Å². The Balaban J connectivity index is 2.02. The molecule has 0 spiro atoms. The number of carbonyl (C=O) groups excluding carboxylic acids is 2. The molecule has 2 aromatic carbocycles. The van der Waals surface area contributed by atoms with Crippen LogP contribution in [0.3, 0.4) is 0 Å². The molecule has 134 valence electrons. The molecule has 2 rings (SSSR count). The van der Waals surface area contributed by atoms with Crippen LogP contribution in [0, 0.1) is 11.3 Å². The average molecular weight is 382 g/mol. The van der Waals surface area contributed by atoms with Gasteiger partial charge in [-0.2, -0.15) is 18.4 Å². The van der Waals surface area contributed by atoms with E-state index in [0.717, 1.165) is 12.1 Å². The molecule has 0 bridgehead atoms. The standard InChI is InChI=1S/C17H11ClF3N3O2/c18-13-5-4-11(17(19,20)21)7-14(13)24-16(26)8-15(25)23-12-3-1-2-10(6-12)9-22/h1-7H,8H2,(H,23,25)(H,24,26). The van der Waals surface area contributed by atoms with E-state index >= 15 is 0 Å². The van der Waals surface area contributed by atoms with E-state index in [1.165, 1.54) is 18.2 Å². The SMILES string of the molecule is N#Cc1cccc(NC(=O)CC(=O)Nc2cc(C(F)(F)F)ccc2Cl)c1. The molecule has 0 aromatic heterocycles. The lowest BCUT2D eigenvalue weighted by atomic mass is 10.2. The predicted molar refractivity (Wildman–Crippen MR) is 89.5 cm³/mol. The first-order valence-corrected chi connectivity index (χ1v) is 7.53. The molecule has 0 saturated heterocycles. The molecule has 2 aromatic rings. The van der Waals surface area contributed by atoms with Crippen molar-refractivity contribution >= 4 is 34.8 Å². The van der Waals surface area contributed by atoms with Crippen LogP contribution in [0.2, 0.25) is 5.02 Å². The summed E-state index contributed by atoms with van der Waals surface area (Å²) in [5.41, 5.74) is -0.581. The number of halogens is 4. The lowest BCUT2D eigenvalue weighted by molar-refractivity contribution is -0.137. The van der Waals surface area contributed by atoms with Gasteiger partial charge < -0.3 is 10.6 Å². The van der Waals surface area contributed by atoms with Crippen LogP contribution < -0.4 is 10.6 Å². The third kappa shape index (κ3) is 5.22. The van der Waals surface area contributed by atoms with E-state index < -0.39 is 30.0 Å². The molecule has 9 heteroatoms. The third-order valence-electron chi connectivity index (χ3n) is 3.16. The second kappa shape index (κ2) is 7.89. The summed E-state index contributed by atoms with van der Waals surface area (Å²) in [7, 11) is 0. The number of nitrogens with zero attached hydrogens (tertiary/aromatic N) is 1. The summed E-state index contributed by atoms with van der Waals surface area (Å²) in [6.07, 6.45) is -5.23. The van der Waals surface area contributed by atoms with E-state index in [9.17, 15) is 22.8 Å². The van der Waals surface area contributed by atoms with Gasteiger partial charge in [0.25, 0.3) is 0 Å². The minimum Gasteiger partial charge on any atom is -0.326 e. The van der Waals surface area contributed by atoms with E-state index in [1.54, 1.807) is 6.07 Å². The maximum absolute atomic E-state index is 12.7. The Labute approximate surface area is 151 Å². The molecular weight excluding hydrogens is 371 g/mol. The summed E-state index contributed by atoms with van der Waals surface area (Å²) in [4.78, 5) is 23.7. The van der Waals surface area contributed by atoms with Crippen LogP contribution >= 0.6 is 11.6 Å². The molecule has 0 aliphatic rings. The number of alkyl halides is 3. The Kier molecular flexibility index (Phi) is 5.85. The zero-order chi connectivity index (χ0) is 19.3. The lowest BCUT2D eigenvalue weighted by Crippen LogP contribution is -2.21. The maximum atomic E-state index is 12.7. The first-order chi connectivity index (χ1) is 12.2. The highest BCUT2D eigenvalue weighted by atomic mass is 35.5. The summed E-state index contributed by atoms with van der Waals surface area (Å²) >= 11 is 5.78. The van der Waals surface area contributed by atoms with E-state index in [1.807, 2.05) is 6.07 Å². The molecule has 26 heavy (non-hydrogen) atoms. The average Bonchev–Trinajstić information content (AvgIpc) is 2.55. The van der Waals surface area contributed by atoms with Gasteiger partial charge in [-0.3, -0.25) is 9.59 Å². The summed E-state index contributed by atoms with van der Waals surface area (Å²) < 4.78 is 38.1. The summed E-state index contributed by atoms with van der Waals surface area (Å²) in [5.74, 6) is -1.53. The highest BCUT2D eigenvalue weighted by Gasteiger charge is 2.31. The van der Waals surface area contributed by atoms with Crippen LogP contribution in [0.25, 0.3) is 0 Å². The molecule has 0 atom stereocenters. The van der Waals surface area contributed by atoms with Gasteiger partial charge in [0.2, 0.25) is 11.8 Å². The van der Waals surface area contributed by atoms with Gasteiger partial charge in [0.1, 0.15) is 6.42 Å². The topological polar surface area (TPSA) is 82.0 Å². The summed E-state index contributed by atoms with van der Waals surface area (Å²) in [6.45, 7) is 0. The molecule has 0 aliphatic heterocycles. The molecule has 5 nitrogen and oxygen atoms in total. The number of nitriles is 1. The molecule has 0 heterocycles. The second-order valence-corrected chi connectivity index (χ2v) is 5.57. The predicted octanol–water partition coefficient (Wildman–Crippen LogP) is 4.20. The van der Waals surface area contributed by atoms with Crippen molar-refractivity contribution in [1.29, 1.82) is 5.26 Å². The van der Waals surface area contributed by atoms with Crippen molar-refractivity contribution in [2.45, 2.75) is 12.6 Å². The molecule has 0 radical (unpaired) electrons. The number of rotatable bonds is 4. The van der Waals surface area contributed by atoms with Crippen molar-refractivity contribution in [3.05, 3.63) is 58.6 Å². The first-order valence-electron chi connectivity index (χ1n) is 7.15. The van der Waals surface area contributed by atoms with Gasteiger partial charge >= 0.3 is 6.18 Å². The highest BCUT2D eigenvalue weighted by Crippen LogP contribution is 2.33. The Morgan fingerprint density at radius 1 is 1.08 bits per heavy atom. The van der Waals surface area contributed by atoms with Crippen molar-refractivity contribution in [3.63, 3.8) is 0 Å². The van der Waals surface area contributed by atoms with Crippen LogP contribution in [0.4, 0.5) is 24.5 Å². The molecule has 2 amide bonds. The molecule has 0 fully saturated rings. The zero-order valence-electron chi connectivity index (χ0n) is 13.0. The molecule has 2 N–H and O–H groups in total. The fourth-order valence-electron chi connectivity index (χ4n) is 2.01. The van der Waals surface area contributed by atoms with Crippen LogP contribution in [-0.2, 0) is 15.8 Å². The smallest absolute Gasteiger partial charge is 0.326 e. The van der Waals surface area contributed by atoms with Gasteiger partial charge in [-0.1, -0.05) is 17.7 Å². The van der Waals surface area contributed by atoms with Crippen LogP contribution in [0.5, 0.6) is 0 Å². The molecule has 0 aliphatic carbocycles. The minimum atomic E-state index is -4.59. The Hall–Kier alpha value is -3.05. The molecule has 0 saturated carbocycles. The fraction of sp³-hybridized carbons (Fsp3) is 0.118. The second-order valence-electron chi connectivity index (χ2n) is 5.16. The summed E-state index contributed by atoms with van der Waals surface area (Å²) in [5, 5.41) is 13.3. The van der Waals surface area contributed by atoms with Crippen molar-refractivity contribution < 1.29 is 22.8 Å². The Morgan fingerprint density at radius 3 is 2.42 bits per heavy atom. The van der Waals surface area contributed by atoms with Crippen molar-refractivity contribution in [1.82, 2.24) is 0 Å². The van der Waals surface area contributed by atoms with Gasteiger partial charge in [0.15, 0.2) is 0 Å². The normalized spacial score (nSPS) is 10.7. The highest BCUT2D eigenvalue weighted by molar-refractivity contribution is 6.33. The first kappa shape index (κ1) is 19.3. The molecular formula is C17H11ClF3N3O2. The minimum absolute atomic E-state index is 0.0894. The van der Waals surface area contributed by atoms with Crippen LogP contribution in [0.1, 0.15) is 17.5 Å². The number of nitrogens with one attached hydrogen (secondary N) is 2. The van der Waals surface area contributed by atoms with Gasteiger partial charge in [0, 0.05) is 5.69 Å². The van der Waals surface area contributed by atoms with Crippen LogP contribution in [0.15, 0.2) is 42.5 Å². The Morgan fingerprint density at radius 2 is 1.77 bits per heavy atom. The number of hydrogen-bond acceptors (Lipinski definition) is 3. The van der Waals surface area contributed by atoms with E-state index in [-0.39, 0.29) is 10.7 Å². The number of amides is 2.